The van der Waals surface area contributed by atoms with Gasteiger partial charge in [-0.1, -0.05) is 26.0 Å². The molecule has 0 atom stereocenters. The minimum Gasteiger partial charge on any atom is -0.482 e. The summed E-state index contributed by atoms with van der Waals surface area (Å²) in [4.78, 5) is 24.7. The minimum atomic E-state index is -1.000. The second-order valence-corrected chi connectivity index (χ2v) is 7.89. The van der Waals surface area contributed by atoms with Crippen LogP contribution in [0.4, 0.5) is 0 Å². The Kier molecular flexibility index (Phi) is 6.45. The summed E-state index contributed by atoms with van der Waals surface area (Å²) in [7, 11) is 1.84. The van der Waals surface area contributed by atoms with E-state index < -0.39 is 5.97 Å². The average Bonchev–Trinajstić information content (AvgIpc) is 2.56. The zero-order valence-corrected chi connectivity index (χ0v) is 15.5. The van der Waals surface area contributed by atoms with Crippen molar-refractivity contribution in [3.8, 4) is 5.75 Å². The lowest BCUT2D eigenvalue weighted by Gasteiger charge is -2.34. The molecule has 1 aromatic rings. The molecule has 0 unspecified atom stereocenters. The van der Waals surface area contributed by atoms with Crippen LogP contribution >= 0.6 is 0 Å². The lowest BCUT2D eigenvalue weighted by atomic mass is 9.72. The summed E-state index contributed by atoms with van der Waals surface area (Å²) in [5, 5.41) is 8.60. The van der Waals surface area contributed by atoms with E-state index in [1.165, 1.54) is 12.8 Å². The van der Waals surface area contributed by atoms with Gasteiger partial charge in [0, 0.05) is 20.0 Å². The van der Waals surface area contributed by atoms with Crippen LogP contribution < -0.4 is 4.74 Å². The third-order valence-corrected chi connectivity index (χ3v) is 5.05. The van der Waals surface area contributed by atoms with Crippen molar-refractivity contribution < 1.29 is 19.4 Å². The number of carbonyl (C=O) groups is 2. The van der Waals surface area contributed by atoms with Gasteiger partial charge in [0.1, 0.15) is 5.75 Å². The Bertz CT molecular complexity index is 584. The van der Waals surface area contributed by atoms with Gasteiger partial charge in [0.05, 0.1) is 0 Å². The highest BCUT2D eigenvalue weighted by Gasteiger charge is 2.28. The van der Waals surface area contributed by atoms with E-state index in [0.717, 1.165) is 18.4 Å². The van der Waals surface area contributed by atoms with E-state index in [-0.39, 0.29) is 12.5 Å². The molecule has 1 aliphatic rings. The molecule has 0 radical (unpaired) electrons. The molecule has 0 aromatic heterocycles. The summed E-state index contributed by atoms with van der Waals surface area (Å²) in [6.07, 6.45) is 5.32. The fourth-order valence-electron chi connectivity index (χ4n) is 3.26. The largest absolute Gasteiger partial charge is 0.482 e. The summed E-state index contributed by atoms with van der Waals surface area (Å²) in [6, 6.07) is 7.20. The lowest BCUT2D eigenvalue weighted by Crippen LogP contribution is -2.30. The molecule has 138 valence electrons. The zero-order chi connectivity index (χ0) is 18.4. The molecule has 0 bridgehead atoms. The maximum Gasteiger partial charge on any atom is 0.341 e. The van der Waals surface area contributed by atoms with Crippen molar-refractivity contribution in [1.82, 2.24) is 4.90 Å². The van der Waals surface area contributed by atoms with Crippen LogP contribution in [0.15, 0.2) is 24.3 Å². The molecule has 0 saturated heterocycles. The fraction of sp³-hybridized carbons (Fsp3) is 0.600. The molecule has 1 aliphatic carbocycles. The van der Waals surface area contributed by atoms with Gasteiger partial charge in [0.2, 0.25) is 5.91 Å². The lowest BCUT2D eigenvalue weighted by molar-refractivity contribution is -0.139. The van der Waals surface area contributed by atoms with Crippen molar-refractivity contribution in [3.05, 3.63) is 29.8 Å². The van der Waals surface area contributed by atoms with Gasteiger partial charge in [-0.3, -0.25) is 4.79 Å². The first kappa shape index (κ1) is 19.3. The molecule has 1 fully saturated rings. The van der Waals surface area contributed by atoms with E-state index in [1.807, 2.05) is 19.2 Å². The number of hydrogen-bond donors (Lipinski definition) is 1. The standard InChI is InChI=1S/C20H29NO4/c1-20(2)10-8-15(9-11-20)12-18(22)21(3)13-16-4-6-17(7-5-16)25-14-19(23)24/h4-7,15H,8-14H2,1-3H3,(H,23,24). The first-order valence-corrected chi connectivity index (χ1v) is 8.93. The summed E-state index contributed by atoms with van der Waals surface area (Å²) < 4.78 is 5.11. The van der Waals surface area contributed by atoms with Crippen LogP contribution in [-0.2, 0) is 16.1 Å². The van der Waals surface area contributed by atoms with E-state index in [9.17, 15) is 9.59 Å². The topological polar surface area (TPSA) is 66.8 Å². The van der Waals surface area contributed by atoms with Gasteiger partial charge >= 0.3 is 5.97 Å². The highest BCUT2D eigenvalue weighted by atomic mass is 16.5. The molecule has 0 heterocycles. The Labute approximate surface area is 150 Å². The molecule has 1 amide bonds. The molecule has 5 heteroatoms. The van der Waals surface area contributed by atoms with Crippen molar-refractivity contribution in [2.45, 2.75) is 52.5 Å². The maximum atomic E-state index is 12.5. The minimum absolute atomic E-state index is 0.191. The second-order valence-electron chi connectivity index (χ2n) is 7.89. The number of amides is 1. The summed E-state index contributed by atoms with van der Waals surface area (Å²) in [5.74, 6) is 0.219. The predicted molar refractivity (Wildman–Crippen MR) is 96.4 cm³/mol. The summed E-state index contributed by atoms with van der Waals surface area (Å²) in [6.45, 7) is 4.81. The number of carboxylic acids is 1. The quantitative estimate of drug-likeness (QED) is 0.816. The van der Waals surface area contributed by atoms with Crippen molar-refractivity contribution in [2.75, 3.05) is 13.7 Å². The molecule has 1 N–H and O–H groups in total. The molecular weight excluding hydrogens is 318 g/mol. The van der Waals surface area contributed by atoms with Crippen LogP contribution in [-0.4, -0.2) is 35.5 Å². The molecule has 1 aromatic carbocycles. The number of carboxylic acid groups (broad SMARTS) is 1. The second kappa shape index (κ2) is 8.37. The molecule has 0 spiro atoms. The molecule has 25 heavy (non-hydrogen) atoms. The van der Waals surface area contributed by atoms with E-state index in [2.05, 4.69) is 13.8 Å². The molecule has 1 saturated carbocycles. The number of rotatable bonds is 7. The molecule has 2 rings (SSSR count). The number of carbonyl (C=O) groups excluding carboxylic acids is 1. The normalized spacial score (nSPS) is 17.1. The highest BCUT2D eigenvalue weighted by Crippen LogP contribution is 2.39. The number of aliphatic carboxylic acids is 1. The van der Waals surface area contributed by atoms with E-state index in [0.29, 0.717) is 30.0 Å². The number of benzene rings is 1. The third kappa shape index (κ3) is 6.40. The monoisotopic (exact) mass is 347 g/mol. The van der Waals surface area contributed by atoms with Crippen molar-refractivity contribution in [3.63, 3.8) is 0 Å². The number of ether oxygens (including phenoxy) is 1. The fourth-order valence-corrected chi connectivity index (χ4v) is 3.26. The van der Waals surface area contributed by atoms with E-state index in [4.69, 9.17) is 9.84 Å². The van der Waals surface area contributed by atoms with Gasteiger partial charge in [-0.25, -0.2) is 4.79 Å². The number of nitrogens with zero attached hydrogens (tertiary/aromatic N) is 1. The van der Waals surface area contributed by atoms with E-state index >= 15 is 0 Å². The van der Waals surface area contributed by atoms with Crippen LogP contribution in [0.25, 0.3) is 0 Å². The van der Waals surface area contributed by atoms with Gasteiger partial charge < -0.3 is 14.7 Å². The third-order valence-electron chi connectivity index (χ3n) is 5.05. The first-order valence-electron chi connectivity index (χ1n) is 8.93. The molecule has 5 nitrogen and oxygen atoms in total. The van der Waals surface area contributed by atoms with Gasteiger partial charge in [-0.05, 0) is 54.7 Å². The summed E-state index contributed by atoms with van der Waals surface area (Å²) >= 11 is 0. The molecular formula is C20H29NO4. The van der Waals surface area contributed by atoms with Crippen molar-refractivity contribution >= 4 is 11.9 Å². The predicted octanol–water partition coefficient (Wildman–Crippen LogP) is 3.71. The molecule has 0 aliphatic heterocycles. The van der Waals surface area contributed by atoms with Gasteiger partial charge in [-0.15, -0.1) is 0 Å². The highest BCUT2D eigenvalue weighted by molar-refractivity contribution is 5.76. The maximum absolute atomic E-state index is 12.5. The Balaban J connectivity index is 1.79. The van der Waals surface area contributed by atoms with Crippen LogP contribution in [0, 0.1) is 11.3 Å². The van der Waals surface area contributed by atoms with Crippen molar-refractivity contribution in [2.24, 2.45) is 11.3 Å². The first-order chi connectivity index (χ1) is 11.7. The number of hydrogen-bond acceptors (Lipinski definition) is 3. The van der Waals surface area contributed by atoms with Crippen LogP contribution in [0.1, 0.15) is 51.5 Å². The average molecular weight is 347 g/mol. The van der Waals surface area contributed by atoms with E-state index in [1.54, 1.807) is 17.0 Å². The van der Waals surface area contributed by atoms with Crippen LogP contribution in [0.3, 0.4) is 0 Å². The zero-order valence-electron chi connectivity index (χ0n) is 15.5. The van der Waals surface area contributed by atoms with Crippen LogP contribution in [0.5, 0.6) is 5.75 Å². The van der Waals surface area contributed by atoms with Gasteiger partial charge in [-0.2, -0.15) is 0 Å². The summed E-state index contributed by atoms with van der Waals surface area (Å²) in [5.41, 5.74) is 1.43. The van der Waals surface area contributed by atoms with Gasteiger partial charge in [0.15, 0.2) is 6.61 Å². The van der Waals surface area contributed by atoms with Gasteiger partial charge in [0.25, 0.3) is 0 Å². The smallest absolute Gasteiger partial charge is 0.341 e. The Morgan fingerprint density at radius 2 is 1.80 bits per heavy atom. The SMILES string of the molecule is CN(Cc1ccc(OCC(=O)O)cc1)C(=O)CC1CCC(C)(C)CC1. The Hall–Kier alpha value is -2.04. The van der Waals surface area contributed by atoms with Crippen molar-refractivity contribution in [1.29, 1.82) is 0 Å². The van der Waals surface area contributed by atoms with Crippen LogP contribution in [0.2, 0.25) is 0 Å². The Morgan fingerprint density at radius 1 is 1.20 bits per heavy atom. The Morgan fingerprint density at radius 3 is 2.36 bits per heavy atom.